The van der Waals surface area contributed by atoms with Crippen molar-refractivity contribution in [1.29, 1.82) is 0 Å². The Labute approximate surface area is 97.9 Å². The molecule has 0 bridgehead atoms. The Hall–Kier alpha value is -0.650. The van der Waals surface area contributed by atoms with Crippen LogP contribution in [0.5, 0.6) is 0 Å². The van der Waals surface area contributed by atoms with E-state index in [2.05, 4.69) is 0 Å². The van der Waals surface area contributed by atoms with E-state index in [1.807, 2.05) is 13.8 Å². The highest BCUT2D eigenvalue weighted by molar-refractivity contribution is 5.81. The predicted octanol–water partition coefficient (Wildman–Crippen LogP) is 0.0911. The van der Waals surface area contributed by atoms with E-state index < -0.39 is 6.04 Å². The quantitative estimate of drug-likeness (QED) is 0.644. The summed E-state index contributed by atoms with van der Waals surface area (Å²) in [6, 6.07) is -0.450. The van der Waals surface area contributed by atoms with Crippen molar-refractivity contribution in [2.45, 2.75) is 19.9 Å². The summed E-state index contributed by atoms with van der Waals surface area (Å²) in [6.07, 6.45) is 0. The molecule has 0 aliphatic carbocycles. The van der Waals surface area contributed by atoms with Crippen molar-refractivity contribution in [2.75, 3.05) is 40.5 Å². The molecule has 0 saturated carbocycles. The summed E-state index contributed by atoms with van der Waals surface area (Å²) >= 11 is 0. The van der Waals surface area contributed by atoms with Crippen LogP contribution >= 0.6 is 0 Å². The van der Waals surface area contributed by atoms with Crippen molar-refractivity contribution >= 4 is 5.91 Å². The van der Waals surface area contributed by atoms with Gasteiger partial charge >= 0.3 is 0 Å². The van der Waals surface area contributed by atoms with Gasteiger partial charge in [0.1, 0.15) is 0 Å². The van der Waals surface area contributed by atoms with Crippen LogP contribution in [0.25, 0.3) is 0 Å². The van der Waals surface area contributed by atoms with Crippen molar-refractivity contribution in [3.63, 3.8) is 0 Å². The second kappa shape index (κ2) is 8.50. The number of rotatable bonds is 8. The number of carbonyl (C=O) groups excluding carboxylic acids is 1. The van der Waals surface area contributed by atoms with E-state index in [-0.39, 0.29) is 11.8 Å². The second-order valence-corrected chi connectivity index (χ2v) is 4.08. The summed E-state index contributed by atoms with van der Waals surface area (Å²) in [5.74, 6) is 0.101. The highest BCUT2D eigenvalue weighted by atomic mass is 16.5. The van der Waals surface area contributed by atoms with E-state index >= 15 is 0 Å². The van der Waals surface area contributed by atoms with Crippen LogP contribution in [-0.4, -0.2) is 57.4 Å². The van der Waals surface area contributed by atoms with Crippen LogP contribution < -0.4 is 5.73 Å². The maximum Gasteiger partial charge on any atom is 0.239 e. The maximum absolute atomic E-state index is 12.0. The standard InChI is InChI=1S/C11H24N2O3/c1-9(2)10(12)11(14)13(5-7-15-3)6-8-16-4/h9-10H,5-8,12H2,1-4H3/t10-/m0/s1. The molecule has 96 valence electrons. The molecule has 1 atom stereocenters. The van der Waals surface area contributed by atoms with E-state index in [1.165, 1.54) is 0 Å². The molecule has 0 aromatic heterocycles. The number of nitrogens with zero attached hydrogens (tertiary/aromatic N) is 1. The van der Waals surface area contributed by atoms with Gasteiger partial charge in [-0.15, -0.1) is 0 Å². The number of carbonyl (C=O) groups is 1. The van der Waals surface area contributed by atoms with Gasteiger partial charge in [0.2, 0.25) is 5.91 Å². The van der Waals surface area contributed by atoms with E-state index in [9.17, 15) is 4.79 Å². The van der Waals surface area contributed by atoms with E-state index in [4.69, 9.17) is 15.2 Å². The molecule has 5 nitrogen and oxygen atoms in total. The van der Waals surface area contributed by atoms with Crippen molar-refractivity contribution in [3.8, 4) is 0 Å². The molecule has 0 saturated heterocycles. The number of hydrogen-bond donors (Lipinski definition) is 1. The number of hydrogen-bond acceptors (Lipinski definition) is 4. The third kappa shape index (κ3) is 5.44. The van der Waals surface area contributed by atoms with Gasteiger partial charge in [-0.1, -0.05) is 13.8 Å². The third-order valence-electron chi connectivity index (χ3n) is 2.45. The Morgan fingerprint density at radius 3 is 1.94 bits per heavy atom. The highest BCUT2D eigenvalue weighted by Gasteiger charge is 2.22. The van der Waals surface area contributed by atoms with Gasteiger partial charge in [0, 0.05) is 27.3 Å². The number of nitrogens with two attached hydrogens (primary N) is 1. The Morgan fingerprint density at radius 1 is 1.19 bits per heavy atom. The maximum atomic E-state index is 12.0. The van der Waals surface area contributed by atoms with Crippen molar-refractivity contribution in [3.05, 3.63) is 0 Å². The van der Waals surface area contributed by atoms with E-state index in [0.717, 1.165) is 0 Å². The first kappa shape index (κ1) is 15.3. The average Bonchev–Trinajstić information content (AvgIpc) is 2.27. The fourth-order valence-electron chi connectivity index (χ4n) is 1.23. The molecule has 0 spiro atoms. The first-order chi connectivity index (χ1) is 7.54. The van der Waals surface area contributed by atoms with Crippen molar-refractivity contribution < 1.29 is 14.3 Å². The predicted molar refractivity (Wildman–Crippen MR) is 63.1 cm³/mol. The van der Waals surface area contributed by atoms with E-state index in [0.29, 0.717) is 26.3 Å². The second-order valence-electron chi connectivity index (χ2n) is 4.08. The minimum absolute atomic E-state index is 0.0379. The van der Waals surface area contributed by atoms with Crippen LogP contribution in [0.3, 0.4) is 0 Å². The highest BCUT2D eigenvalue weighted by Crippen LogP contribution is 2.03. The third-order valence-corrected chi connectivity index (χ3v) is 2.45. The van der Waals surface area contributed by atoms with Crippen molar-refractivity contribution in [2.24, 2.45) is 11.7 Å². The molecule has 0 unspecified atom stereocenters. The van der Waals surface area contributed by atoms with Crippen molar-refractivity contribution in [1.82, 2.24) is 4.90 Å². The first-order valence-corrected chi connectivity index (χ1v) is 5.56. The Kier molecular flexibility index (Phi) is 8.15. The molecule has 0 aromatic carbocycles. The number of methoxy groups -OCH3 is 2. The summed E-state index contributed by atoms with van der Waals surface area (Å²) in [4.78, 5) is 13.7. The monoisotopic (exact) mass is 232 g/mol. The van der Waals surface area contributed by atoms with Crippen LogP contribution in [0.4, 0.5) is 0 Å². The van der Waals surface area contributed by atoms with Gasteiger partial charge in [-0.3, -0.25) is 4.79 Å². The Balaban J connectivity index is 4.29. The summed E-state index contributed by atoms with van der Waals surface area (Å²) in [5, 5.41) is 0. The van der Waals surface area contributed by atoms with Crippen LogP contribution in [0, 0.1) is 5.92 Å². The molecule has 0 aliphatic rings. The van der Waals surface area contributed by atoms with Crippen LogP contribution in [0.1, 0.15) is 13.8 Å². The lowest BCUT2D eigenvalue weighted by atomic mass is 10.0. The Morgan fingerprint density at radius 2 is 1.62 bits per heavy atom. The van der Waals surface area contributed by atoms with Gasteiger partial charge in [0.05, 0.1) is 19.3 Å². The van der Waals surface area contributed by atoms with Gasteiger partial charge in [0.15, 0.2) is 0 Å². The minimum atomic E-state index is -0.450. The summed E-state index contributed by atoms with van der Waals surface area (Å²) in [6.45, 7) is 6.01. The van der Waals surface area contributed by atoms with Gasteiger partial charge < -0.3 is 20.1 Å². The topological polar surface area (TPSA) is 64.8 Å². The van der Waals surface area contributed by atoms with E-state index in [1.54, 1.807) is 19.1 Å². The fraction of sp³-hybridized carbons (Fsp3) is 0.909. The molecular formula is C11H24N2O3. The SMILES string of the molecule is COCCN(CCOC)C(=O)[C@@H](N)C(C)C. The number of ether oxygens (including phenoxy) is 2. The van der Waals surface area contributed by atoms with Gasteiger partial charge in [-0.05, 0) is 5.92 Å². The Bertz CT molecular complexity index is 190. The van der Waals surface area contributed by atoms with Gasteiger partial charge in [-0.25, -0.2) is 0 Å². The van der Waals surface area contributed by atoms with Crippen LogP contribution in [0.15, 0.2) is 0 Å². The fourth-order valence-corrected chi connectivity index (χ4v) is 1.23. The smallest absolute Gasteiger partial charge is 0.239 e. The molecule has 0 fully saturated rings. The lowest BCUT2D eigenvalue weighted by Gasteiger charge is -2.26. The summed E-state index contributed by atoms with van der Waals surface area (Å²) < 4.78 is 9.93. The lowest BCUT2D eigenvalue weighted by molar-refractivity contribution is -0.134. The molecule has 5 heteroatoms. The molecule has 0 rings (SSSR count). The van der Waals surface area contributed by atoms with Gasteiger partial charge in [0.25, 0.3) is 0 Å². The minimum Gasteiger partial charge on any atom is -0.383 e. The van der Waals surface area contributed by atoms with Crippen LogP contribution in [0.2, 0.25) is 0 Å². The zero-order valence-corrected chi connectivity index (χ0v) is 10.7. The zero-order valence-electron chi connectivity index (χ0n) is 10.7. The molecule has 2 N–H and O–H groups in total. The molecule has 0 heterocycles. The molecular weight excluding hydrogens is 208 g/mol. The average molecular weight is 232 g/mol. The molecule has 0 aromatic rings. The summed E-state index contributed by atoms with van der Waals surface area (Å²) in [7, 11) is 3.22. The molecule has 1 amide bonds. The number of amides is 1. The first-order valence-electron chi connectivity index (χ1n) is 5.56. The molecule has 0 radical (unpaired) electrons. The van der Waals surface area contributed by atoms with Gasteiger partial charge in [-0.2, -0.15) is 0 Å². The summed E-state index contributed by atoms with van der Waals surface area (Å²) in [5.41, 5.74) is 5.83. The normalized spacial score (nSPS) is 12.9. The van der Waals surface area contributed by atoms with Crippen LogP contribution in [-0.2, 0) is 14.3 Å². The largest absolute Gasteiger partial charge is 0.383 e. The molecule has 0 aliphatic heterocycles. The molecule has 16 heavy (non-hydrogen) atoms. The zero-order chi connectivity index (χ0) is 12.6. The lowest BCUT2D eigenvalue weighted by Crippen LogP contribution is -2.48.